The molecule has 2 aromatic rings. The summed E-state index contributed by atoms with van der Waals surface area (Å²) in [6.07, 6.45) is -0.431. The molecule has 2 aromatic carbocycles. The van der Waals surface area contributed by atoms with Crippen molar-refractivity contribution in [2.24, 2.45) is 5.73 Å². The van der Waals surface area contributed by atoms with Gasteiger partial charge in [0, 0.05) is 6.42 Å². The van der Waals surface area contributed by atoms with E-state index < -0.39 is 18.3 Å². The maximum atomic E-state index is 13.1. The van der Waals surface area contributed by atoms with Crippen molar-refractivity contribution >= 4 is 16.7 Å². The minimum Gasteiger partial charge on any atom is -0.364 e. The number of aryl methyl sites for hydroxylation is 2. The number of rotatable bonds is 4. The van der Waals surface area contributed by atoms with Crippen molar-refractivity contribution < 1.29 is 13.6 Å². The first-order chi connectivity index (χ1) is 8.88. The third kappa shape index (κ3) is 3.08. The van der Waals surface area contributed by atoms with Crippen LogP contribution in [0.3, 0.4) is 0 Å². The highest BCUT2D eigenvalue weighted by Gasteiger charge is 2.35. The van der Waals surface area contributed by atoms with Gasteiger partial charge in [0.2, 0.25) is 0 Å². The van der Waals surface area contributed by atoms with Crippen LogP contribution in [0.2, 0.25) is 0 Å². The van der Waals surface area contributed by atoms with Gasteiger partial charge < -0.3 is 5.73 Å². The van der Waals surface area contributed by atoms with Crippen molar-refractivity contribution in [2.45, 2.75) is 25.7 Å². The smallest absolute Gasteiger partial charge is 0.324 e. The molecule has 0 unspecified atom stereocenters. The van der Waals surface area contributed by atoms with Crippen LogP contribution in [0.25, 0.3) is 10.8 Å². The van der Waals surface area contributed by atoms with Crippen LogP contribution in [0, 0.1) is 6.92 Å². The number of nitrogens with two attached hydrogens (primary N) is 1. The van der Waals surface area contributed by atoms with Gasteiger partial charge in [-0.1, -0.05) is 42.0 Å². The topological polar surface area (TPSA) is 43.1 Å². The minimum absolute atomic E-state index is 0.125. The van der Waals surface area contributed by atoms with Gasteiger partial charge in [0.1, 0.15) is 0 Å². The van der Waals surface area contributed by atoms with Crippen molar-refractivity contribution in [3.8, 4) is 0 Å². The van der Waals surface area contributed by atoms with Gasteiger partial charge >= 0.3 is 5.92 Å². The zero-order chi connectivity index (χ0) is 14.0. The molecule has 2 N–H and O–H groups in total. The quantitative estimate of drug-likeness (QED) is 0.904. The third-order valence-electron chi connectivity index (χ3n) is 3.15. The van der Waals surface area contributed by atoms with Crippen LogP contribution in [-0.2, 0) is 11.2 Å². The number of primary amides is 1. The van der Waals surface area contributed by atoms with Crippen molar-refractivity contribution in [1.82, 2.24) is 0 Å². The molecule has 0 aliphatic heterocycles. The Morgan fingerprint density at radius 1 is 1.16 bits per heavy atom. The highest BCUT2D eigenvalue weighted by Crippen LogP contribution is 2.23. The molecule has 0 atom stereocenters. The number of fused-ring (bicyclic) bond motifs is 1. The highest BCUT2D eigenvalue weighted by molar-refractivity contribution is 5.84. The second kappa shape index (κ2) is 4.96. The van der Waals surface area contributed by atoms with Crippen LogP contribution in [0.15, 0.2) is 36.4 Å². The Balaban J connectivity index is 2.20. The molecule has 0 fully saturated rings. The normalized spacial score (nSPS) is 11.7. The molecule has 1 amide bonds. The average molecular weight is 263 g/mol. The number of carbonyl (C=O) groups excluding carboxylic acids is 1. The van der Waals surface area contributed by atoms with E-state index >= 15 is 0 Å². The maximum absolute atomic E-state index is 13.1. The standard InChI is InChI=1S/C15H15F2NO/c1-10-2-4-12-5-3-11(9-13(12)8-10)6-7-15(16,17)14(18)19/h2-5,8-9H,6-7H2,1H3,(H2,18,19). The van der Waals surface area contributed by atoms with Gasteiger partial charge in [-0.05, 0) is 29.7 Å². The summed E-state index contributed by atoms with van der Waals surface area (Å²) in [6, 6.07) is 11.6. The van der Waals surface area contributed by atoms with Gasteiger partial charge in [0.05, 0.1) is 0 Å². The van der Waals surface area contributed by atoms with E-state index in [0.717, 1.165) is 21.9 Å². The molecule has 0 radical (unpaired) electrons. The molecule has 100 valence electrons. The zero-order valence-corrected chi connectivity index (χ0v) is 10.6. The van der Waals surface area contributed by atoms with E-state index in [9.17, 15) is 13.6 Å². The largest absolute Gasteiger partial charge is 0.364 e. The summed E-state index contributed by atoms with van der Waals surface area (Å²) in [6.45, 7) is 1.98. The van der Waals surface area contributed by atoms with E-state index in [1.807, 2.05) is 37.3 Å². The monoisotopic (exact) mass is 263 g/mol. The molecule has 0 saturated heterocycles. The number of hydrogen-bond donors (Lipinski definition) is 1. The fourth-order valence-electron chi connectivity index (χ4n) is 2.00. The maximum Gasteiger partial charge on any atom is 0.324 e. The number of benzene rings is 2. The fraction of sp³-hybridized carbons (Fsp3) is 0.267. The summed E-state index contributed by atoms with van der Waals surface area (Å²) in [7, 11) is 0. The van der Waals surface area contributed by atoms with Crippen LogP contribution in [0.1, 0.15) is 17.5 Å². The molecule has 0 heterocycles. The predicted molar refractivity (Wildman–Crippen MR) is 71.1 cm³/mol. The average Bonchev–Trinajstić information content (AvgIpc) is 2.35. The van der Waals surface area contributed by atoms with E-state index in [1.165, 1.54) is 0 Å². The first kappa shape index (κ1) is 13.5. The van der Waals surface area contributed by atoms with E-state index in [2.05, 4.69) is 5.73 Å². The Hall–Kier alpha value is -1.97. The Morgan fingerprint density at radius 2 is 1.84 bits per heavy atom. The molecule has 2 rings (SSSR count). The number of amides is 1. The molecule has 0 aromatic heterocycles. The van der Waals surface area contributed by atoms with Crippen molar-refractivity contribution in [1.29, 1.82) is 0 Å². The second-order valence-corrected chi connectivity index (χ2v) is 4.75. The molecule has 0 aliphatic rings. The Morgan fingerprint density at radius 3 is 2.53 bits per heavy atom. The van der Waals surface area contributed by atoms with Crippen molar-refractivity contribution in [3.63, 3.8) is 0 Å². The van der Waals surface area contributed by atoms with E-state index in [0.29, 0.717) is 0 Å². The van der Waals surface area contributed by atoms with Gasteiger partial charge in [0.15, 0.2) is 0 Å². The SMILES string of the molecule is Cc1ccc2ccc(CCC(F)(F)C(N)=O)cc2c1. The molecule has 0 spiro atoms. The van der Waals surface area contributed by atoms with Gasteiger partial charge in [-0.15, -0.1) is 0 Å². The third-order valence-corrected chi connectivity index (χ3v) is 3.15. The van der Waals surface area contributed by atoms with Gasteiger partial charge in [-0.3, -0.25) is 4.79 Å². The lowest BCUT2D eigenvalue weighted by Gasteiger charge is -2.12. The van der Waals surface area contributed by atoms with Crippen LogP contribution in [0.5, 0.6) is 0 Å². The molecule has 0 saturated carbocycles. The van der Waals surface area contributed by atoms with Crippen LogP contribution < -0.4 is 5.73 Å². The van der Waals surface area contributed by atoms with Crippen molar-refractivity contribution in [2.75, 3.05) is 0 Å². The summed E-state index contributed by atoms with van der Waals surface area (Å²) in [5.41, 5.74) is 6.55. The van der Waals surface area contributed by atoms with E-state index in [1.54, 1.807) is 6.07 Å². The fourth-order valence-corrected chi connectivity index (χ4v) is 2.00. The Labute approximate surface area is 110 Å². The van der Waals surface area contributed by atoms with Crippen molar-refractivity contribution in [3.05, 3.63) is 47.5 Å². The first-order valence-corrected chi connectivity index (χ1v) is 6.05. The lowest BCUT2D eigenvalue weighted by Crippen LogP contribution is -2.35. The summed E-state index contributed by atoms with van der Waals surface area (Å²) < 4.78 is 26.3. The molecular formula is C15H15F2NO. The highest BCUT2D eigenvalue weighted by atomic mass is 19.3. The Bertz CT molecular complexity index is 623. The summed E-state index contributed by atoms with van der Waals surface area (Å²) >= 11 is 0. The van der Waals surface area contributed by atoms with Crippen LogP contribution in [0.4, 0.5) is 8.78 Å². The molecule has 0 aliphatic carbocycles. The minimum atomic E-state index is -3.44. The van der Waals surface area contributed by atoms with Crippen LogP contribution >= 0.6 is 0 Å². The van der Waals surface area contributed by atoms with E-state index in [4.69, 9.17) is 0 Å². The van der Waals surface area contributed by atoms with E-state index in [-0.39, 0.29) is 6.42 Å². The molecule has 4 heteroatoms. The summed E-state index contributed by atoms with van der Waals surface area (Å²) in [5.74, 6) is -5.01. The Kier molecular flexibility index (Phi) is 3.51. The van der Waals surface area contributed by atoms with Gasteiger partial charge in [-0.25, -0.2) is 0 Å². The van der Waals surface area contributed by atoms with Crippen LogP contribution in [-0.4, -0.2) is 11.8 Å². The lowest BCUT2D eigenvalue weighted by atomic mass is 10.0. The van der Waals surface area contributed by atoms with Gasteiger partial charge in [0.25, 0.3) is 5.91 Å². The molecule has 0 bridgehead atoms. The molecule has 19 heavy (non-hydrogen) atoms. The number of alkyl halides is 2. The lowest BCUT2D eigenvalue weighted by molar-refractivity contribution is -0.142. The molecular weight excluding hydrogens is 248 g/mol. The van der Waals surface area contributed by atoms with Gasteiger partial charge in [-0.2, -0.15) is 8.78 Å². The second-order valence-electron chi connectivity index (χ2n) is 4.75. The summed E-state index contributed by atoms with van der Waals surface area (Å²) in [5, 5.41) is 2.08. The molecule has 2 nitrogen and oxygen atoms in total. The number of halogens is 2. The summed E-state index contributed by atoms with van der Waals surface area (Å²) in [4.78, 5) is 10.6. The number of carbonyl (C=O) groups is 1. The number of hydrogen-bond acceptors (Lipinski definition) is 1. The first-order valence-electron chi connectivity index (χ1n) is 6.05. The predicted octanol–water partition coefficient (Wildman–Crippen LogP) is 3.20. The zero-order valence-electron chi connectivity index (χ0n) is 10.6.